The molecule has 0 unspecified atom stereocenters. The van der Waals surface area contributed by atoms with E-state index in [-0.39, 0.29) is 17.6 Å². The molecule has 2 atom stereocenters. The Morgan fingerprint density at radius 2 is 2.00 bits per heavy atom. The smallest absolute Gasteiger partial charge is 0.270 e. The lowest BCUT2D eigenvalue weighted by Crippen LogP contribution is -2.45. The van der Waals surface area contributed by atoms with E-state index in [1.54, 1.807) is 17.4 Å². The van der Waals surface area contributed by atoms with Gasteiger partial charge in [0.05, 0.1) is 11.0 Å². The first kappa shape index (κ1) is 20.3. The molecule has 0 fully saturated rings. The highest BCUT2D eigenvalue weighted by Crippen LogP contribution is 2.40. The highest BCUT2D eigenvalue weighted by atomic mass is 32.1. The van der Waals surface area contributed by atoms with Crippen molar-refractivity contribution in [3.05, 3.63) is 97.7 Å². The number of fused-ring (bicyclic) bond motifs is 1. The lowest BCUT2D eigenvalue weighted by Gasteiger charge is -2.41. The van der Waals surface area contributed by atoms with Gasteiger partial charge in [-0.15, -0.1) is 11.3 Å². The predicted octanol–water partition coefficient (Wildman–Crippen LogP) is 4.42. The summed E-state index contributed by atoms with van der Waals surface area (Å²) in [6.07, 6.45) is 0.987. The Balaban J connectivity index is 1.48. The van der Waals surface area contributed by atoms with Crippen molar-refractivity contribution in [1.29, 1.82) is 0 Å². The van der Waals surface area contributed by atoms with E-state index in [0.717, 1.165) is 6.42 Å². The van der Waals surface area contributed by atoms with E-state index in [9.17, 15) is 14.9 Å². The first-order chi connectivity index (χ1) is 14.5. The summed E-state index contributed by atoms with van der Waals surface area (Å²) in [7, 11) is 0. The van der Waals surface area contributed by atoms with Crippen LogP contribution in [0.5, 0.6) is 0 Å². The number of nitro benzene ring substituents is 1. The molecule has 6 nitrogen and oxygen atoms in total. The van der Waals surface area contributed by atoms with Gasteiger partial charge in [0.2, 0.25) is 0 Å². The van der Waals surface area contributed by atoms with E-state index < -0.39 is 4.92 Å². The Labute approximate surface area is 179 Å². The molecule has 0 saturated heterocycles. The third kappa shape index (κ3) is 4.13. The van der Waals surface area contributed by atoms with Gasteiger partial charge in [-0.2, -0.15) is 0 Å². The van der Waals surface area contributed by atoms with Crippen LogP contribution in [0, 0.1) is 10.1 Å². The molecule has 1 aromatic heterocycles. The minimum atomic E-state index is -0.491. The fourth-order valence-corrected chi connectivity index (χ4v) is 5.17. The van der Waals surface area contributed by atoms with Gasteiger partial charge in [0.1, 0.15) is 0 Å². The molecule has 1 N–H and O–H groups in total. The van der Waals surface area contributed by atoms with Crippen molar-refractivity contribution < 1.29 is 9.72 Å². The molecule has 2 heterocycles. The standard InChI is InChI=1S/C23H23N3O3S/c1-16-14-18-10-13-30-22(18)21(17-6-3-2-4-7-17)25(16)12-11-24-23(27)19-8-5-9-20(15-19)26(28)29/h2-10,13,15-16,21H,11-12,14H2,1H3,(H,24,27)/t16-,21+/m1/s1. The molecule has 4 rings (SSSR count). The number of hydrogen-bond donors (Lipinski definition) is 1. The van der Waals surface area contributed by atoms with Crippen molar-refractivity contribution in [3.8, 4) is 0 Å². The molecule has 0 radical (unpaired) electrons. The van der Waals surface area contributed by atoms with Gasteiger partial charge in [0.15, 0.2) is 0 Å². The van der Waals surface area contributed by atoms with Gasteiger partial charge in [-0.05, 0) is 42.0 Å². The minimum absolute atomic E-state index is 0.0818. The SMILES string of the molecule is C[C@@H]1Cc2ccsc2[C@H](c2ccccc2)N1CCNC(=O)c1cccc([N+](=O)[O-])c1. The Hall–Kier alpha value is -3.03. The number of carbonyl (C=O) groups is 1. The second-order valence-corrected chi connectivity index (χ2v) is 8.43. The van der Waals surface area contributed by atoms with Crippen LogP contribution in [0.2, 0.25) is 0 Å². The number of nitrogens with one attached hydrogen (secondary N) is 1. The average molecular weight is 422 g/mol. The fraction of sp³-hybridized carbons (Fsp3) is 0.261. The predicted molar refractivity (Wildman–Crippen MR) is 118 cm³/mol. The van der Waals surface area contributed by atoms with Crippen LogP contribution in [-0.2, 0) is 6.42 Å². The van der Waals surface area contributed by atoms with E-state index in [2.05, 4.69) is 52.9 Å². The first-order valence-electron chi connectivity index (χ1n) is 9.94. The largest absolute Gasteiger partial charge is 0.351 e. The van der Waals surface area contributed by atoms with Gasteiger partial charge in [0.25, 0.3) is 11.6 Å². The third-order valence-corrected chi connectivity index (χ3v) is 6.54. The fourth-order valence-electron chi connectivity index (χ4n) is 4.09. The van der Waals surface area contributed by atoms with Crippen LogP contribution < -0.4 is 5.32 Å². The molecular formula is C23H23N3O3S. The maximum atomic E-state index is 12.5. The number of hydrogen-bond acceptors (Lipinski definition) is 5. The molecule has 2 aromatic carbocycles. The summed E-state index contributed by atoms with van der Waals surface area (Å²) >= 11 is 1.78. The van der Waals surface area contributed by atoms with E-state index in [1.807, 2.05) is 6.07 Å². The number of nitro groups is 1. The Kier molecular flexibility index (Phi) is 5.92. The van der Waals surface area contributed by atoms with Gasteiger partial charge in [0, 0.05) is 41.7 Å². The maximum Gasteiger partial charge on any atom is 0.270 e. The summed E-state index contributed by atoms with van der Waals surface area (Å²) in [5.74, 6) is -0.295. The third-order valence-electron chi connectivity index (χ3n) is 5.53. The van der Waals surface area contributed by atoms with Crippen LogP contribution in [0.3, 0.4) is 0 Å². The van der Waals surface area contributed by atoms with Crippen LogP contribution in [-0.4, -0.2) is 34.9 Å². The number of nitrogens with zero attached hydrogens (tertiary/aromatic N) is 2. The van der Waals surface area contributed by atoms with Crippen molar-refractivity contribution in [3.63, 3.8) is 0 Å². The van der Waals surface area contributed by atoms with Crippen molar-refractivity contribution in [2.45, 2.75) is 25.4 Å². The van der Waals surface area contributed by atoms with Crippen LogP contribution >= 0.6 is 11.3 Å². The minimum Gasteiger partial charge on any atom is -0.351 e. The highest BCUT2D eigenvalue weighted by molar-refractivity contribution is 7.10. The monoisotopic (exact) mass is 421 g/mol. The molecule has 0 spiro atoms. The summed E-state index contributed by atoms with van der Waals surface area (Å²) < 4.78 is 0. The van der Waals surface area contributed by atoms with Crippen molar-refractivity contribution >= 4 is 22.9 Å². The summed E-state index contributed by atoms with van der Waals surface area (Å²) in [4.78, 5) is 26.8. The van der Waals surface area contributed by atoms with Gasteiger partial charge in [-0.1, -0.05) is 36.4 Å². The summed E-state index contributed by atoms with van der Waals surface area (Å²) in [5.41, 5.74) is 2.87. The molecule has 0 aliphatic carbocycles. The van der Waals surface area contributed by atoms with E-state index in [1.165, 1.54) is 34.2 Å². The van der Waals surface area contributed by atoms with Crippen LogP contribution in [0.25, 0.3) is 0 Å². The van der Waals surface area contributed by atoms with Gasteiger partial charge < -0.3 is 5.32 Å². The highest BCUT2D eigenvalue weighted by Gasteiger charge is 2.33. The number of benzene rings is 2. The Morgan fingerprint density at radius 1 is 1.20 bits per heavy atom. The zero-order valence-electron chi connectivity index (χ0n) is 16.7. The molecule has 0 saturated carbocycles. The van der Waals surface area contributed by atoms with Crippen molar-refractivity contribution in [2.75, 3.05) is 13.1 Å². The molecule has 154 valence electrons. The molecule has 1 aliphatic heterocycles. The second kappa shape index (κ2) is 8.77. The summed E-state index contributed by atoms with van der Waals surface area (Å²) in [6, 6.07) is 19.0. The van der Waals surface area contributed by atoms with Crippen molar-refractivity contribution in [1.82, 2.24) is 10.2 Å². The molecular weight excluding hydrogens is 398 g/mol. The zero-order chi connectivity index (χ0) is 21.1. The Morgan fingerprint density at radius 3 is 2.77 bits per heavy atom. The first-order valence-corrected chi connectivity index (χ1v) is 10.8. The van der Waals surface area contributed by atoms with Gasteiger partial charge in [-0.3, -0.25) is 19.8 Å². The summed E-state index contributed by atoms with van der Waals surface area (Å²) in [5, 5.41) is 16.0. The van der Waals surface area contributed by atoms with E-state index >= 15 is 0 Å². The topological polar surface area (TPSA) is 75.5 Å². The van der Waals surface area contributed by atoms with Crippen molar-refractivity contribution in [2.24, 2.45) is 0 Å². The van der Waals surface area contributed by atoms with Gasteiger partial charge in [-0.25, -0.2) is 0 Å². The lowest BCUT2D eigenvalue weighted by atomic mass is 9.91. The normalized spacial score (nSPS) is 18.6. The maximum absolute atomic E-state index is 12.5. The zero-order valence-corrected chi connectivity index (χ0v) is 17.5. The quantitative estimate of drug-likeness (QED) is 0.472. The number of rotatable bonds is 6. The van der Waals surface area contributed by atoms with E-state index in [0.29, 0.717) is 24.7 Å². The van der Waals surface area contributed by atoms with E-state index in [4.69, 9.17) is 0 Å². The van der Waals surface area contributed by atoms with Crippen LogP contribution in [0.1, 0.15) is 39.3 Å². The van der Waals surface area contributed by atoms with Gasteiger partial charge >= 0.3 is 0 Å². The average Bonchev–Trinajstić information content (AvgIpc) is 3.22. The second-order valence-electron chi connectivity index (χ2n) is 7.48. The van der Waals surface area contributed by atoms with Crippen LogP contribution in [0.4, 0.5) is 5.69 Å². The Bertz CT molecular complexity index is 1050. The molecule has 0 bridgehead atoms. The molecule has 7 heteroatoms. The lowest BCUT2D eigenvalue weighted by molar-refractivity contribution is -0.384. The number of non-ortho nitro benzene ring substituents is 1. The molecule has 30 heavy (non-hydrogen) atoms. The number of amides is 1. The number of carbonyl (C=O) groups excluding carboxylic acids is 1. The molecule has 1 amide bonds. The van der Waals surface area contributed by atoms with Crippen LogP contribution in [0.15, 0.2) is 66.0 Å². The molecule has 1 aliphatic rings. The number of thiophene rings is 1. The molecule has 3 aromatic rings. The summed E-state index contributed by atoms with van der Waals surface area (Å²) in [6.45, 7) is 3.38.